The van der Waals surface area contributed by atoms with E-state index < -0.39 is 4.92 Å². The number of nitro groups is 1. The third-order valence-electron chi connectivity index (χ3n) is 2.72. The van der Waals surface area contributed by atoms with Crippen molar-refractivity contribution in [2.45, 2.75) is 13.3 Å². The summed E-state index contributed by atoms with van der Waals surface area (Å²) >= 11 is 4.62. The van der Waals surface area contributed by atoms with Crippen molar-refractivity contribution in [3.63, 3.8) is 0 Å². The molecule has 1 aromatic carbocycles. The van der Waals surface area contributed by atoms with Gasteiger partial charge in [-0.15, -0.1) is 11.3 Å². The maximum atomic E-state index is 12.0. The fourth-order valence-electron chi connectivity index (χ4n) is 1.67. The van der Waals surface area contributed by atoms with E-state index in [1.807, 2.05) is 13.0 Å². The Labute approximate surface area is 133 Å². The van der Waals surface area contributed by atoms with Gasteiger partial charge in [-0.3, -0.25) is 14.9 Å². The molecule has 0 atom stereocenters. The second-order valence-electron chi connectivity index (χ2n) is 4.23. The van der Waals surface area contributed by atoms with Crippen molar-refractivity contribution in [2.24, 2.45) is 0 Å². The number of Topliss-reactive ketones (excluding diaryl/α,β-unsaturated/α-hetero) is 1. The average Bonchev–Trinajstić information content (AvgIpc) is 2.93. The maximum absolute atomic E-state index is 12.0. The van der Waals surface area contributed by atoms with Crippen LogP contribution in [0.15, 0.2) is 34.8 Å². The highest BCUT2D eigenvalue weighted by Gasteiger charge is 2.13. The minimum Gasteiger partial charge on any atom is -0.485 e. The number of halogens is 1. The smallest absolute Gasteiger partial charge is 0.274 e. The van der Waals surface area contributed by atoms with E-state index in [0.29, 0.717) is 9.35 Å². The quantitative estimate of drug-likeness (QED) is 0.433. The van der Waals surface area contributed by atoms with E-state index >= 15 is 0 Å². The van der Waals surface area contributed by atoms with Crippen molar-refractivity contribution in [3.8, 4) is 5.75 Å². The first-order valence-corrected chi connectivity index (χ1v) is 7.80. The molecule has 0 aliphatic heterocycles. The molecule has 0 aliphatic carbocycles. The molecule has 2 rings (SSSR count). The van der Waals surface area contributed by atoms with Gasteiger partial charge in [-0.2, -0.15) is 0 Å². The van der Waals surface area contributed by atoms with Crippen LogP contribution in [0.5, 0.6) is 5.75 Å². The van der Waals surface area contributed by atoms with Crippen LogP contribution in [0.25, 0.3) is 0 Å². The number of ketones is 1. The van der Waals surface area contributed by atoms with E-state index in [9.17, 15) is 14.9 Å². The van der Waals surface area contributed by atoms with E-state index in [4.69, 9.17) is 4.74 Å². The number of nitro benzene ring substituents is 1. The summed E-state index contributed by atoms with van der Waals surface area (Å²) in [5, 5.41) is 10.8. The lowest BCUT2D eigenvalue weighted by Crippen LogP contribution is -2.10. The Morgan fingerprint density at radius 2 is 2.14 bits per heavy atom. The van der Waals surface area contributed by atoms with Crippen molar-refractivity contribution < 1.29 is 14.5 Å². The summed E-state index contributed by atoms with van der Waals surface area (Å²) in [7, 11) is 0. The first-order chi connectivity index (χ1) is 9.99. The standard InChI is InChI=1S/C14H12BrNO4S/c1-2-12-3-4-14(21-12)13(17)8-20-11-6-9(15)5-10(7-11)16(18)19/h3-7H,2,8H2,1H3. The van der Waals surface area contributed by atoms with E-state index in [0.717, 1.165) is 11.3 Å². The number of carbonyl (C=O) groups is 1. The maximum Gasteiger partial charge on any atom is 0.274 e. The molecule has 2 aromatic rings. The van der Waals surface area contributed by atoms with Crippen LogP contribution in [0, 0.1) is 10.1 Å². The fourth-order valence-corrected chi connectivity index (χ4v) is 3.01. The van der Waals surface area contributed by atoms with E-state index in [1.54, 1.807) is 12.1 Å². The van der Waals surface area contributed by atoms with Gasteiger partial charge in [-0.1, -0.05) is 22.9 Å². The molecule has 7 heteroatoms. The Bertz CT molecular complexity index is 683. The van der Waals surface area contributed by atoms with Gasteiger partial charge < -0.3 is 4.74 Å². The summed E-state index contributed by atoms with van der Waals surface area (Å²) < 4.78 is 5.89. The molecule has 1 heterocycles. The zero-order chi connectivity index (χ0) is 15.4. The highest BCUT2D eigenvalue weighted by atomic mass is 79.9. The van der Waals surface area contributed by atoms with Crippen molar-refractivity contribution >= 4 is 38.7 Å². The van der Waals surface area contributed by atoms with Crippen molar-refractivity contribution in [1.82, 2.24) is 0 Å². The van der Waals surface area contributed by atoms with Crippen molar-refractivity contribution in [1.29, 1.82) is 0 Å². The number of non-ortho nitro benzene ring substituents is 1. The minimum absolute atomic E-state index is 0.0868. The molecule has 0 unspecified atom stereocenters. The Morgan fingerprint density at radius 1 is 1.38 bits per heavy atom. The first kappa shape index (κ1) is 15.7. The van der Waals surface area contributed by atoms with Gasteiger partial charge in [0.05, 0.1) is 15.9 Å². The SMILES string of the molecule is CCc1ccc(C(=O)COc2cc(Br)cc([N+](=O)[O-])c2)s1. The Kier molecular flexibility index (Phi) is 5.08. The molecular formula is C14H12BrNO4S. The minimum atomic E-state index is -0.508. The third-order valence-corrected chi connectivity index (χ3v) is 4.45. The zero-order valence-electron chi connectivity index (χ0n) is 11.2. The van der Waals surface area contributed by atoms with Gasteiger partial charge in [0.2, 0.25) is 5.78 Å². The number of carbonyl (C=O) groups excluding carboxylic acids is 1. The number of benzene rings is 1. The molecule has 0 N–H and O–H groups in total. The number of hydrogen-bond donors (Lipinski definition) is 0. The van der Waals surface area contributed by atoms with E-state index in [2.05, 4.69) is 15.9 Å². The van der Waals surface area contributed by atoms with Crippen LogP contribution >= 0.6 is 27.3 Å². The normalized spacial score (nSPS) is 10.4. The van der Waals surface area contributed by atoms with E-state index in [1.165, 1.54) is 23.5 Å². The van der Waals surface area contributed by atoms with Gasteiger partial charge in [0, 0.05) is 15.4 Å². The predicted molar refractivity (Wildman–Crippen MR) is 84.3 cm³/mol. The second kappa shape index (κ2) is 6.82. The van der Waals surface area contributed by atoms with Crippen molar-refractivity contribution in [3.05, 3.63) is 54.7 Å². The van der Waals surface area contributed by atoms with Gasteiger partial charge in [0.15, 0.2) is 6.61 Å². The third kappa shape index (κ3) is 4.12. The van der Waals surface area contributed by atoms with Crippen LogP contribution in [-0.4, -0.2) is 17.3 Å². The van der Waals surface area contributed by atoms with Crippen LogP contribution in [0.3, 0.4) is 0 Å². The summed E-state index contributed by atoms with van der Waals surface area (Å²) in [6, 6.07) is 7.96. The highest BCUT2D eigenvalue weighted by Crippen LogP contribution is 2.26. The molecular weight excluding hydrogens is 358 g/mol. The number of aryl methyl sites for hydroxylation is 1. The molecule has 0 amide bonds. The van der Waals surface area contributed by atoms with Crippen LogP contribution in [0.1, 0.15) is 21.5 Å². The van der Waals surface area contributed by atoms with Gasteiger partial charge in [0.25, 0.3) is 5.69 Å². The summed E-state index contributed by atoms with van der Waals surface area (Å²) in [6.45, 7) is 1.88. The molecule has 5 nitrogen and oxygen atoms in total. The zero-order valence-corrected chi connectivity index (χ0v) is 13.6. The Hall–Kier alpha value is -1.73. The topological polar surface area (TPSA) is 69.4 Å². The number of hydrogen-bond acceptors (Lipinski definition) is 5. The molecule has 1 aromatic heterocycles. The van der Waals surface area contributed by atoms with Crippen LogP contribution < -0.4 is 4.74 Å². The molecule has 0 spiro atoms. The lowest BCUT2D eigenvalue weighted by atomic mass is 10.3. The first-order valence-electron chi connectivity index (χ1n) is 6.19. The Morgan fingerprint density at radius 3 is 2.76 bits per heavy atom. The van der Waals surface area contributed by atoms with E-state index in [-0.39, 0.29) is 23.8 Å². The monoisotopic (exact) mass is 369 g/mol. The molecule has 0 bridgehead atoms. The number of nitrogens with zero attached hydrogens (tertiary/aromatic N) is 1. The lowest BCUT2D eigenvalue weighted by Gasteiger charge is -2.05. The molecule has 0 radical (unpaired) electrons. The predicted octanol–water partition coefficient (Wildman–Crippen LogP) is 4.24. The van der Waals surface area contributed by atoms with Gasteiger partial charge >= 0.3 is 0 Å². The molecule has 0 saturated carbocycles. The number of thiophene rings is 1. The summed E-state index contributed by atoms with van der Waals surface area (Å²) in [6.07, 6.45) is 0.886. The average molecular weight is 370 g/mol. The van der Waals surface area contributed by atoms with Crippen LogP contribution in [0.2, 0.25) is 0 Å². The molecule has 0 aliphatic rings. The summed E-state index contributed by atoms with van der Waals surface area (Å²) in [5.41, 5.74) is -0.0868. The summed E-state index contributed by atoms with van der Waals surface area (Å²) in [4.78, 5) is 24.0. The van der Waals surface area contributed by atoms with Crippen LogP contribution in [0.4, 0.5) is 5.69 Å². The summed E-state index contributed by atoms with van der Waals surface area (Å²) in [5.74, 6) is 0.152. The van der Waals surface area contributed by atoms with Gasteiger partial charge in [-0.25, -0.2) is 0 Å². The number of ether oxygens (including phenoxy) is 1. The molecule has 0 saturated heterocycles. The number of rotatable bonds is 6. The fraction of sp³-hybridized carbons (Fsp3) is 0.214. The van der Waals surface area contributed by atoms with Gasteiger partial charge in [0.1, 0.15) is 5.75 Å². The highest BCUT2D eigenvalue weighted by molar-refractivity contribution is 9.10. The Balaban J connectivity index is 2.05. The second-order valence-corrected chi connectivity index (χ2v) is 6.32. The molecule has 110 valence electrons. The van der Waals surface area contributed by atoms with Crippen LogP contribution in [-0.2, 0) is 6.42 Å². The largest absolute Gasteiger partial charge is 0.485 e. The lowest BCUT2D eigenvalue weighted by molar-refractivity contribution is -0.385. The molecule has 0 fully saturated rings. The molecule has 21 heavy (non-hydrogen) atoms. The van der Waals surface area contributed by atoms with Gasteiger partial charge in [-0.05, 0) is 24.6 Å². The van der Waals surface area contributed by atoms with Crippen molar-refractivity contribution in [2.75, 3.05) is 6.61 Å².